The molecule has 1 amide bonds. The monoisotopic (exact) mass is 447 g/mol. The highest BCUT2D eigenvalue weighted by atomic mass is 32.2. The molecule has 0 aromatic heterocycles. The van der Waals surface area contributed by atoms with E-state index in [1.54, 1.807) is 31.4 Å². The summed E-state index contributed by atoms with van der Waals surface area (Å²) in [5, 5.41) is 11.4. The van der Waals surface area contributed by atoms with E-state index in [1.807, 2.05) is 37.3 Å². The molecule has 164 valence electrons. The molecular formula is C25H25N3O3S. The summed E-state index contributed by atoms with van der Waals surface area (Å²) in [6.45, 7) is 2.48. The van der Waals surface area contributed by atoms with E-state index >= 15 is 0 Å². The fourth-order valence-corrected chi connectivity index (χ4v) is 4.68. The Hall–Kier alpha value is -3.32. The Balaban J connectivity index is 1.62. The molecule has 3 aromatic rings. The Kier molecular flexibility index (Phi) is 6.75. The van der Waals surface area contributed by atoms with E-state index in [0.717, 1.165) is 28.3 Å². The van der Waals surface area contributed by atoms with Crippen LogP contribution in [0, 0.1) is 0 Å². The molecule has 3 aromatic carbocycles. The van der Waals surface area contributed by atoms with Crippen LogP contribution in [0.2, 0.25) is 0 Å². The third-order valence-corrected chi connectivity index (χ3v) is 6.71. The maximum atomic E-state index is 13.0. The lowest BCUT2D eigenvalue weighted by Gasteiger charge is -2.17. The van der Waals surface area contributed by atoms with E-state index in [2.05, 4.69) is 34.5 Å². The number of benzene rings is 3. The van der Waals surface area contributed by atoms with Crippen molar-refractivity contribution >= 4 is 39.8 Å². The number of ether oxygens (including phenoxy) is 2. The number of amides is 1. The van der Waals surface area contributed by atoms with Crippen LogP contribution in [-0.4, -0.2) is 41.7 Å². The molecule has 0 unspecified atom stereocenters. The lowest BCUT2D eigenvalue weighted by molar-refractivity contribution is -0.126. The number of hydrogen-bond donors (Lipinski definition) is 0. The van der Waals surface area contributed by atoms with Crippen LogP contribution in [-0.2, 0) is 11.3 Å². The fourth-order valence-electron chi connectivity index (χ4n) is 3.66. The topological polar surface area (TPSA) is 63.5 Å². The van der Waals surface area contributed by atoms with Crippen LogP contribution in [0.1, 0.15) is 24.5 Å². The van der Waals surface area contributed by atoms with Crippen molar-refractivity contribution < 1.29 is 14.3 Å². The van der Waals surface area contributed by atoms with Gasteiger partial charge in [0, 0.05) is 11.6 Å². The SMILES string of the molecule is CC[C@@H]1S/C(=N\N=C/c2ccc(OC)cc2OC)N(Cc2cccc3ccccc23)C1=O. The lowest BCUT2D eigenvalue weighted by atomic mass is 10.0. The second kappa shape index (κ2) is 9.87. The summed E-state index contributed by atoms with van der Waals surface area (Å²) < 4.78 is 10.6. The van der Waals surface area contributed by atoms with Gasteiger partial charge in [0.15, 0.2) is 5.17 Å². The van der Waals surface area contributed by atoms with Gasteiger partial charge in [-0.15, -0.1) is 5.10 Å². The van der Waals surface area contributed by atoms with Crippen molar-refractivity contribution in [2.75, 3.05) is 14.2 Å². The first kappa shape index (κ1) is 21.9. The average molecular weight is 448 g/mol. The Bertz CT molecular complexity index is 1190. The highest BCUT2D eigenvalue weighted by molar-refractivity contribution is 8.15. The molecule has 0 N–H and O–H groups in total. The van der Waals surface area contributed by atoms with Gasteiger partial charge in [0.05, 0.1) is 32.2 Å². The predicted octanol–water partition coefficient (Wildman–Crippen LogP) is 5.10. The van der Waals surface area contributed by atoms with Gasteiger partial charge < -0.3 is 9.47 Å². The van der Waals surface area contributed by atoms with E-state index in [4.69, 9.17) is 9.47 Å². The first-order valence-corrected chi connectivity index (χ1v) is 11.3. The van der Waals surface area contributed by atoms with Crippen molar-refractivity contribution in [3.8, 4) is 11.5 Å². The van der Waals surface area contributed by atoms with Crippen molar-refractivity contribution in [3.05, 3.63) is 71.8 Å². The van der Waals surface area contributed by atoms with Crippen LogP contribution in [0.15, 0.2) is 70.9 Å². The van der Waals surface area contributed by atoms with Crippen LogP contribution in [0.5, 0.6) is 11.5 Å². The third-order valence-electron chi connectivity index (χ3n) is 5.38. The van der Waals surface area contributed by atoms with Gasteiger partial charge in [-0.3, -0.25) is 9.69 Å². The first-order chi connectivity index (χ1) is 15.6. The number of hydrogen-bond acceptors (Lipinski definition) is 6. The molecule has 7 heteroatoms. The maximum absolute atomic E-state index is 13.0. The van der Waals surface area contributed by atoms with Crippen LogP contribution < -0.4 is 9.47 Å². The summed E-state index contributed by atoms with van der Waals surface area (Å²) in [5.41, 5.74) is 1.86. The number of rotatable bonds is 7. The van der Waals surface area contributed by atoms with E-state index in [1.165, 1.54) is 11.8 Å². The lowest BCUT2D eigenvalue weighted by Crippen LogP contribution is -2.31. The van der Waals surface area contributed by atoms with Crippen LogP contribution in [0.4, 0.5) is 0 Å². The summed E-state index contributed by atoms with van der Waals surface area (Å²) in [6, 6.07) is 19.8. The van der Waals surface area contributed by atoms with E-state index < -0.39 is 0 Å². The summed E-state index contributed by atoms with van der Waals surface area (Å²) in [7, 11) is 3.21. The summed E-state index contributed by atoms with van der Waals surface area (Å²) in [6.07, 6.45) is 2.37. The molecule has 0 radical (unpaired) electrons. The highest BCUT2D eigenvalue weighted by Gasteiger charge is 2.37. The van der Waals surface area contributed by atoms with Crippen molar-refractivity contribution in [3.63, 3.8) is 0 Å². The molecule has 6 nitrogen and oxygen atoms in total. The van der Waals surface area contributed by atoms with Crippen molar-refractivity contribution in [2.45, 2.75) is 25.1 Å². The van der Waals surface area contributed by atoms with E-state index in [0.29, 0.717) is 23.2 Å². The van der Waals surface area contributed by atoms with Gasteiger partial charge in [-0.25, -0.2) is 0 Å². The van der Waals surface area contributed by atoms with E-state index in [-0.39, 0.29) is 11.2 Å². The van der Waals surface area contributed by atoms with Gasteiger partial charge in [0.1, 0.15) is 11.5 Å². The zero-order valence-electron chi connectivity index (χ0n) is 18.3. The Morgan fingerprint density at radius 3 is 2.66 bits per heavy atom. The molecule has 1 fully saturated rings. The molecule has 0 bridgehead atoms. The van der Waals surface area contributed by atoms with Crippen LogP contribution >= 0.6 is 11.8 Å². The quantitative estimate of drug-likeness (QED) is 0.373. The minimum atomic E-state index is -0.144. The zero-order chi connectivity index (χ0) is 22.5. The van der Waals surface area contributed by atoms with E-state index in [9.17, 15) is 4.79 Å². The molecule has 1 aliphatic heterocycles. The Morgan fingerprint density at radius 2 is 1.88 bits per heavy atom. The predicted molar refractivity (Wildman–Crippen MR) is 131 cm³/mol. The molecule has 1 atom stereocenters. The highest BCUT2D eigenvalue weighted by Crippen LogP contribution is 2.32. The minimum absolute atomic E-state index is 0.0708. The number of nitrogens with zero attached hydrogens (tertiary/aromatic N) is 3. The van der Waals surface area contributed by atoms with Gasteiger partial charge in [0.25, 0.3) is 0 Å². The van der Waals surface area contributed by atoms with Gasteiger partial charge in [-0.1, -0.05) is 61.2 Å². The number of amidine groups is 1. The van der Waals surface area contributed by atoms with Crippen molar-refractivity contribution in [1.29, 1.82) is 0 Å². The standard InChI is InChI=1S/C25H25N3O3S/c1-4-23-24(29)28(16-19-10-7-9-17-8-5-6-11-21(17)19)25(32-23)27-26-15-18-12-13-20(30-2)14-22(18)31-3/h5-15,23H,4,16H2,1-3H3/b26-15-,27-25-/t23-/m0/s1. The molecule has 4 rings (SSSR count). The molecular weight excluding hydrogens is 422 g/mol. The molecule has 0 spiro atoms. The number of carbonyl (C=O) groups excluding carboxylic acids is 1. The molecule has 1 heterocycles. The van der Waals surface area contributed by atoms with Gasteiger partial charge in [-0.05, 0) is 34.9 Å². The summed E-state index contributed by atoms with van der Waals surface area (Å²) in [5.74, 6) is 1.42. The second-order valence-electron chi connectivity index (χ2n) is 7.31. The van der Waals surface area contributed by atoms with Crippen molar-refractivity contribution in [2.24, 2.45) is 10.2 Å². The van der Waals surface area contributed by atoms with Gasteiger partial charge in [0.2, 0.25) is 5.91 Å². The summed E-state index contributed by atoms with van der Waals surface area (Å²) in [4.78, 5) is 14.8. The fraction of sp³-hybridized carbons (Fsp3) is 0.240. The number of carbonyl (C=O) groups is 1. The number of thioether (sulfide) groups is 1. The average Bonchev–Trinajstić information content (AvgIpc) is 3.13. The first-order valence-electron chi connectivity index (χ1n) is 10.4. The number of methoxy groups -OCH3 is 2. The second-order valence-corrected chi connectivity index (χ2v) is 8.48. The van der Waals surface area contributed by atoms with Crippen LogP contribution in [0.25, 0.3) is 10.8 Å². The smallest absolute Gasteiger partial charge is 0.242 e. The van der Waals surface area contributed by atoms with Gasteiger partial charge >= 0.3 is 0 Å². The molecule has 32 heavy (non-hydrogen) atoms. The minimum Gasteiger partial charge on any atom is -0.497 e. The zero-order valence-corrected chi connectivity index (χ0v) is 19.1. The third kappa shape index (κ3) is 4.48. The summed E-state index contributed by atoms with van der Waals surface area (Å²) >= 11 is 1.46. The van der Waals surface area contributed by atoms with Crippen LogP contribution in [0.3, 0.4) is 0 Å². The molecule has 1 aliphatic rings. The van der Waals surface area contributed by atoms with Crippen molar-refractivity contribution in [1.82, 2.24) is 4.90 Å². The molecule has 1 saturated heterocycles. The Labute approximate surface area is 191 Å². The molecule has 0 saturated carbocycles. The number of fused-ring (bicyclic) bond motifs is 1. The Morgan fingerprint density at radius 1 is 1.06 bits per heavy atom. The largest absolute Gasteiger partial charge is 0.497 e. The van der Waals surface area contributed by atoms with Gasteiger partial charge in [-0.2, -0.15) is 5.10 Å². The normalized spacial score (nSPS) is 17.6. The molecule has 0 aliphatic carbocycles. The maximum Gasteiger partial charge on any atom is 0.242 e.